The molecule has 0 bridgehead atoms. The predicted molar refractivity (Wildman–Crippen MR) is 86.7 cm³/mol. The van der Waals surface area contributed by atoms with E-state index < -0.39 is 0 Å². The van der Waals surface area contributed by atoms with Gasteiger partial charge in [0.25, 0.3) is 5.91 Å². The maximum Gasteiger partial charge on any atom is 0.256 e. The summed E-state index contributed by atoms with van der Waals surface area (Å²) in [7, 11) is 0. The first-order chi connectivity index (χ1) is 10.8. The fourth-order valence-electron chi connectivity index (χ4n) is 3.02. The molecule has 0 unspecified atom stereocenters. The highest BCUT2D eigenvalue weighted by Crippen LogP contribution is 2.21. The molecule has 0 spiro atoms. The molecule has 0 saturated carbocycles. The quantitative estimate of drug-likeness (QED) is 0.939. The lowest BCUT2D eigenvalue weighted by Gasteiger charge is -2.32. The molecule has 0 atom stereocenters. The monoisotopic (exact) mass is 298 g/mol. The van der Waals surface area contributed by atoms with E-state index in [9.17, 15) is 4.79 Å². The first kappa shape index (κ1) is 14.9. The molecular weight excluding hydrogens is 276 g/mol. The summed E-state index contributed by atoms with van der Waals surface area (Å²) in [5.41, 5.74) is 2.14. The zero-order valence-electron chi connectivity index (χ0n) is 13.0. The van der Waals surface area contributed by atoms with Gasteiger partial charge in [0, 0.05) is 25.5 Å². The van der Waals surface area contributed by atoms with E-state index in [0.29, 0.717) is 17.0 Å². The number of amides is 1. The molecule has 5 nitrogen and oxygen atoms in total. The maximum absolute atomic E-state index is 12.8. The molecule has 0 radical (unpaired) electrons. The Kier molecular flexibility index (Phi) is 4.63. The highest BCUT2D eigenvalue weighted by atomic mass is 16.2. The molecule has 116 valence electrons. The normalized spacial score (nSPS) is 16.1. The van der Waals surface area contributed by atoms with Gasteiger partial charge in [0.2, 0.25) is 0 Å². The number of rotatable bonds is 4. The van der Waals surface area contributed by atoms with Crippen molar-refractivity contribution in [3.8, 4) is 0 Å². The Hall–Kier alpha value is -2.01. The van der Waals surface area contributed by atoms with E-state index in [1.54, 1.807) is 12.4 Å². The number of carbonyl (C=O) groups excluding carboxylic acids is 1. The molecule has 1 aliphatic rings. The third-order valence-electron chi connectivity index (χ3n) is 4.31. The van der Waals surface area contributed by atoms with Crippen LogP contribution in [0.25, 0.3) is 11.0 Å². The van der Waals surface area contributed by atoms with Crippen LogP contribution in [-0.4, -0.2) is 47.0 Å². The Morgan fingerprint density at radius 1 is 1.27 bits per heavy atom. The minimum absolute atomic E-state index is 0.0769. The number of nitrogens with one attached hydrogen (secondary N) is 1. The van der Waals surface area contributed by atoms with Crippen molar-refractivity contribution in [1.29, 1.82) is 0 Å². The molecular formula is C17H22N4O. The van der Waals surface area contributed by atoms with E-state index in [-0.39, 0.29) is 5.91 Å². The average molecular weight is 298 g/mol. The number of nitrogens with zero attached hydrogens (tertiary/aromatic N) is 3. The molecule has 1 aliphatic heterocycles. The number of likely N-dealkylation sites (tertiary alicyclic amines) is 1. The number of aromatic nitrogens is 2. The molecule has 2 aromatic rings. The van der Waals surface area contributed by atoms with E-state index in [1.807, 2.05) is 23.1 Å². The molecule has 1 saturated heterocycles. The van der Waals surface area contributed by atoms with Crippen LogP contribution >= 0.6 is 0 Å². The molecule has 1 aromatic heterocycles. The van der Waals surface area contributed by atoms with Gasteiger partial charge in [-0.15, -0.1) is 0 Å². The molecule has 1 amide bonds. The second-order valence-electron chi connectivity index (χ2n) is 5.77. The summed E-state index contributed by atoms with van der Waals surface area (Å²) in [4.78, 5) is 23.3. The first-order valence-corrected chi connectivity index (χ1v) is 7.99. The second-order valence-corrected chi connectivity index (χ2v) is 5.77. The number of fused-ring (bicyclic) bond motifs is 1. The molecule has 22 heavy (non-hydrogen) atoms. The summed E-state index contributed by atoms with van der Waals surface area (Å²) < 4.78 is 0. The zero-order valence-corrected chi connectivity index (χ0v) is 13.0. The van der Waals surface area contributed by atoms with Crippen LogP contribution in [0.2, 0.25) is 0 Å². The Labute approximate surface area is 130 Å². The van der Waals surface area contributed by atoms with Gasteiger partial charge in [-0.05, 0) is 44.0 Å². The Balaban J connectivity index is 1.72. The van der Waals surface area contributed by atoms with Crippen LogP contribution in [0.4, 0.5) is 0 Å². The van der Waals surface area contributed by atoms with E-state index >= 15 is 0 Å². The van der Waals surface area contributed by atoms with Crippen molar-refractivity contribution < 1.29 is 4.79 Å². The van der Waals surface area contributed by atoms with Gasteiger partial charge in [0.05, 0.1) is 11.1 Å². The standard InChI is InChI=1S/C17H22N4O/c1-2-18-12-13-6-10-21(11-7-13)17(22)14-4-3-5-15-16(14)20-9-8-19-15/h3-5,8-9,13,18H,2,6-7,10-12H2,1H3. The minimum Gasteiger partial charge on any atom is -0.339 e. The van der Waals surface area contributed by atoms with Crippen LogP contribution < -0.4 is 5.32 Å². The predicted octanol–water partition coefficient (Wildman–Crippen LogP) is 2.09. The highest BCUT2D eigenvalue weighted by Gasteiger charge is 2.24. The fourth-order valence-corrected chi connectivity index (χ4v) is 3.02. The Morgan fingerprint density at radius 2 is 2.05 bits per heavy atom. The van der Waals surface area contributed by atoms with Crippen molar-refractivity contribution in [2.24, 2.45) is 5.92 Å². The van der Waals surface area contributed by atoms with E-state index in [4.69, 9.17) is 0 Å². The largest absolute Gasteiger partial charge is 0.339 e. The van der Waals surface area contributed by atoms with E-state index in [1.165, 1.54) is 0 Å². The number of benzene rings is 1. The van der Waals surface area contributed by atoms with Crippen molar-refractivity contribution in [3.63, 3.8) is 0 Å². The SMILES string of the molecule is CCNCC1CCN(C(=O)c2cccc3nccnc23)CC1. The smallest absolute Gasteiger partial charge is 0.256 e. The Bertz CT molecular complexity index is 645. The molecule has 2 heterocycles. The van der Waals surface area contributed by atoms with Crippen molar-refractivity contribution in [2.75, 3.05) is 26.2 Å². The van der Waals surface area contributed by atoms with Crippen molar-refractivity contribution in [2.45, 2.75) is 19.8 Å². The number of para-hydroxylation sites is 1. The topological polar surface area (TPSA) is 58.1 Å². The summed E-state index contributed by atoms with van der Waals surface area (Å²) in [5, 5.41) is 3.40. The average Bonchev–Trinajstić information content (AvgIpc) is 2.59. The maximum atomic E-state index is 12.8. The number of carbonyl (C=O) groups is 1. The van der Waals surface area contributed by atoms with Crippen molar-refractivity contribution in [3.05, 3.63) is 36.2 Å². The summed E-state index contributed by atoms with van der Waals surface area (Å²) in [6, 6.07) is 5.62. The minimum atomic E-state index is 0.0769. The highest BCUT2D eigenvalue weighted by molar-refractivity contribution is 6.04. The number of piperidine rings is 1. The lowest BCUT2D eigenvalue weighted by molar-refractivity contribution is 0.0692. The van der Waals surface area contributed by atoms with Crippen molar-refractivity contribution in [1.82, 2.24) is 20.2 Å². The molecule has 5 heteroatoms. The van der Waals surface area contributed by atoms with Gasteiger partial charge < -0.3 is 10.2 Å². The van der Waals surface area contributed by atoms with Crippen molar-refractivity contribution >= 4 is 16.9 Å². The van der Waals surface area contributed by atoms with Gasteiger partial charge in [0.15, 0.2) is 0 Å². The second kappa shape index (κ2) is 6.83. The van der Waals surface area contributed by atoms with Crippen LogP contribution in [0.3, 0.4) is 0 Å². The van der Waals surface area contributed by atoms with E-state index in [0.717, 1.165) is 44.5 Å². The van der Waals surface area contributed by atoms with Gasteiger partial charge in [-0.25, -0.2) is 0 Å². The van der Waals surface area contributed by atoms with E-state index in [2.05, 4.69) is 22.2 Å². The molecule has 1 fully saturated rings. The summed E-state index contributed by atoms with van der Waals surface area (Å²) in [6.07, 6.45) is 5.43. The fraction of sp³-hybridized carbons (Fsp3) is 0.471. The van der Waals surface area contributed by atoms with Gasteiger partial charge in [-0.1, -0.05) is 13.0 Å². The molecule has 0 aliphatic carbocycles. The Morgan fingerprint density at radius 3 is 2.82 bits per heavy atom. The third-order valence-corrected chi connectivity index (χ3v) is 4.31. The van der Waals surface area contributed by atoms with Gasteiger partial charge in [-0.2, -0.15) is 0 Å². The van der Waals surface area contributed by atoms with Gasteiger partial charge >= 0.3 is 0 Å². The molecule has 1 N–H and O–H groups in total. The van der Waals surface area contributed by atoms with Crippen LogP contribution in [-0.2, 0) is 0 Å². The van der Waals surface area contributed by atoms with Gasteiger partial charge in [-0.3, -0.25) is 14.8 Å². The lowest BCUT2D eigenvalue weighted by Crippen LogP contribution is -2.40. The molecule has 3 rings (SSSR count). The van der Waals surface area contributed by atoms with Crippen LogP contribution in [0.5, 0.6) is 0 Å². The molecule has 1 aromatic carbocycles. The summed E-state index contributed by atoms with van der Waals surface area (Å²) in [6.45, 7) is 5.84. The van der Waals surface area contributed by atoms with Gasteiger partial charge in [0.1, 0.15) is 5.52 Å². The lowest BCUT2D eigenvalue weighted by atomic mass is 9.96. The first-order valence-electron chi connectivity index (χ1n) is 7.99. The number of hydrogen-bond donors (Lipinski definition) is 1. The summed E-state index contributed by atoms with van der Waals surface area (Å²) in [5.74, 6) is 0.754. The number of hydrogen-bond acceptors (Lipinski definition) is 4. The van der Waals surface area contributed by atoms with Crippen LogP contribution in [0.15, 0.2) is 30.6 Å². The summed E-state index contributed by atoms with van der Waals surface area (Å²) >= 11 is 0. The van der Waals surface area contributed by atoms with Crippen LogP contribution in [0.1, 0.15) is 30.1 Å². The third kappa shape index (κ3) is 3.09. The zero-order chi connectivity index (χ0) is 15.4. The van der Waals surface area contributed by atoms with Crippen LogP contribution in [0, 0.1) is 5.92 Å².